The fourth-order valence-electron chi connectivity index (χ4n) is 2.74. The number of hydrogen-bond acceptors (Lipinski definition) is 4. The van der Waals surface area contributed by atoms with Crippen LogP contribution in [0.2, 0.25) is 0 Å². The van der Waals surface area contributed by atoms with Gasteiger partial charge in [0.05, 0.1) is 6.04 Å². The zero-order chi connectivity index (χ0) is 14.8. The zero-order valence-electron chi connectivity index (χ0n) is 12.2. The van der Waals surface area contributed by atoms with Crippen LogP contribution in [0.3, 0.4) is 0 Å². The second-order valence-corrected chi connectivity index (χ2v) is 5.17. The van der Waals surface area contributed by atoms with Crippen molar-refractivity contribution in [3.63, 3.8) is 0 Å². The molecule has 1 aromatic carbocycles. The van der Waals surface area contributed by atoms with Gasteiger partial charge in [0.15, 0.2) is 0 Å². The highest BCUT2D eigenvalue weighted by Gasteiger charge is 2.17. The SMILES string of the molecule is Cc1ccc(C(NN)c2cccc3ccncc23)c(C)n1. The van der Waals surface area contributed by atoms with Gasteiger partial charge in [0.1, 0.15) is 0 Å². The van der Waals surface area contributed by atoms with Crippen molar-refractivity contribution in [2.45, 2.75) is 19.9 Å². The fraction of sp³-hybridized carbons (Fsp3) is 0.176. The van der Waals surface area contributed by atoms with Crippen LogP contribution < -0.4 is 11.3 Å². The monoisotopic (exact) mass is 278 g/mol. The lowest BCUT2D eigenvalue weighted by atomic mass is 9.94. The van der Waals surface area contributed by atoms with Gasteiger partial charge in [-0.3, -0.25) is 15.8 Å². The number of aromatic nitrogens is 2. The number of rotatable bonds is 3. The first-order valence-corrected chi connectivity index (χ1v) is 6.93. The molecule has 0 amide bonds. The Balaban J connectivity index is 2.18. The van der Waals surface area contributed by atoms with Gasteiger partial charge in [-0.15, -0.1) is 0 Å². The van der Waals surface area contributed by atoms with Gasteiger partial charge < -0.3 is 0 Å². The van der Waals surface area contributed by atoms with Crippen molar-refractivity contribution in [2.75, 3.05) is 0 Å². The van der Waals surface area contributed by atoms with Gasteiger partial charge in [-0.2, -0.15) is 0 Å². The smallest absolute Gasteiger partial charge is 0.0734 e. The number of nitrogens with two attached hydrogens (primary N) is 1. The van der Waals surface area contributed by atoms with Crippen LogP contribution >= 0.6 is 0 Å². The molecule has 0 saturated carbocycles. The number of hydrogen-bond donors (Lipinski definition) is 2. The van der Waals surface area contributed by atoms with E-state index in [0.717, 1.165) is 33.3 Å². The van der Waals surface area contributed by atoms with E-state index in [2.05, 4.69) is 33.6 Å². The summed E-state index contributed by atoms with van der Waals surface area (Å²) in [5.74, 6) is 5.84. The molecular weight excluding hydrogens is 260 g/mol. The maximum Gasteiger partial charge on any atom is 0.0734 e. The van der Waals surface area contributed by atoms with Crippen molar-refractivity contribution in [3.8, 4) is 0 Å². The van der Waals surface area contributed by atoms with Crippen molar-refractivity contribution in [1.29, 1.82) is 0 Å². The maximum atomic E-state index is 5.84. The minimum absolute atomic E-state index is 0.106. The Kier molecular flexibility index (Phi) is 3.64. The summed E-state index contributed by atoms with van der Waals surface area (Å²) in [5.41, 5.74) is 7.10. The second kappa shape index (κ2) is 5.60. The molecule has 3 aromatic rings. The Morgan fingerprint density at radius 2 is 1.90 bits per heavy atom. The van der Waals surface area contributed by atoms with E-state index >= 15 is 0 Å². The highest BCUT2D eigenvalue weighted by atomic mass is 15.2. The van der Waals surface area contributed by atoms with Crippen LogP contribution in [-0.2, 0) is 0 Å². The lowest BCUT2D eigenvalue weighted by molar-refractivity contribution is 0.634. The van der Waals surface area contributed by atoms with Crippen molar-refractivity contribution < 1.29 is 0 Å². The normalized spacial score (nSPS) is 12.5. The molecule has 0 aliphatic heterocycles. The van der Waals surface area contributed by atoms with Crippen molar-refractivity contribution in [3.05, 3.63) is 71.3 Å². The Morgan fingerprint density at radius 1 is 1.05 bits per heavy atom. The Hall–Kier alpha value is -2.30. The van der Waals surface area contributed by atoms with E-state index in [0.29, 0.717) is 0 Å². The first-order chi connectivity index (χ1) is 10.2. The highest BCUT2D eigenvalue weighted by Crippen LogP contribution is 2.29. The number of aryl methyl sites for hydroxylation is 2. The molecule has 106 valence electrons. The lowest BCUT2D eigenvalue weighted by Crippen LogP contribution is -2.29. The third kappa shape index (κ3) is 2.51. The number of pyridine rings is 2. The molecule has 0 saturated heterocycles. The Bertz CT molecular complexity index is 777. The molecule has 0 fully saturated rings. The van der Waals surface area contributed by atoms with Gasteiger partial charge in [-0.1, -0.05) is 24.3 Å². The van der Waals surface area contributed by atoms with E-state index in [-0.39, 0.29) is 6.04 Å². The average molecular weight is 278 g/mol. The minimum atomic E-state index is -0.106. The molecular formula is C17H18N4. The molecule has 1 atom stereocenters. The number of nitrogens with zero attached hydrogens (tertiary/aromatic N) is 2. The molecule has 3 N–H and O–H groups in total. The molecule has 2 aromatic heterocycles. The van der Waals surface area contributed by atoms with Crippen LogP contribution in [0.25, 0.3) is 10.8 Å². The van der Waals surface area contributed by atoms with Gasteiger partial charge in [0.25, 0.3) is 0 Å². The lowest BCUT2D eigenvalue weighted by Gasteiger charge is -2.20. The minimum Gasteiger partial charge on any atom is -0.271 e. The summed E-state index contributed by atoms with van der Waals surface area (Å²) in [6.07, 6.45) is 3.68. The third-order valence-electron chi connectivity index (χ3n) is 3.77. The summed E-state index contributed by atoms with van der Waals surface area (Å²) in [6.45, 7) is 4.00. The summed E-state index contributed by atoms with van der Waals surface area (Å²) in [7, 11) is 0. The fourth-order valence-corrected chi connectivity index (χ4v) is 2.74. The second-order valence-electron chi connectivity index (χ2n) is 5.17. The van der Waals surface area contributed by atoms with E-state index in [1.807, 2.05) is 38.2 Å². The standard InChI is InChI=1S/C17H18N4/c1-11-6-7-14(12(2)20-11)17(21-18)15-5-3-4-13-8-9-19-10-16(13)15/h3-10,17,21H,18H2,1-2H3. The predicted molar refractivity (Wildman–Crippen MR) is 84.6 cm³/mol. The van der Waals surface area contributed by atoms with Crippen molar-refractivity contribution >= 4 is 10.8 Å². The molecule has 3 rings (SSSR count). The van der Waals surface area contributed by atoms with E-state index in [1.165, 1.54) is 0 Å². The molecule has 4 nitrogen and oxygen atoms in total. The molecule has 0 aliphatic rings. The van der Waals surface area contributed by atoms with E-state index in [1.54, 1.807) is 6.20 Å². The molecule has 0 spiro atoms. The Labute approximate surface area is 124 Å². The van der Waals surface area contributed by atoms with E-state index in [4.69, 9.17) is 5.84 Å². The average Bonchev–Trinajstić information content (AvgIpc) is 2.50. The first kappa shape index (κ1) is 13.7. The molecule has 0 bridgehead atoms. The summed E-state index contributed by atoms with van der Waals surface area (Å²) in [5, 5.41) is 2.25. The van der Waals surface area contributed by atoms with Gasteiger partial charge >= 0.3 is 0 Å². The molecule has 1 unspecified atom stereocenters. The van der Waals surface area contributed by atoms with E-state index < -0.39 is 0 Å². The third-order valence-corrected chi connectivity index (χ3v) is 3.77. The zero-order valence-corrected chi connectivity index (χ0v) is 12.2. The predicted octanol–water partition coefficient (Wildman–Crippen LogP) is 2.80. The van der Waals surface area contributed by atoms with Gasteiger partial charge in [0, 0.05) is 29.2 Å². The highest BCUT2D eigenvalue weighted by molar-refractivity contribution is 5.85. The number of hydrazine groups is 1. The Morgan fingerprint density at radius 3 is 2.67 bits per heavy atom. The largest absolute Gasteiger partial charge is 0.271 e. The summed E-state index contributed by atoms with van der Waals surface area (Å²) in [4.78, 5) is 8.77. The quantitative estimate of drug-likeness (QED) is 0.571. The number of benzene rings is 1. The molecule has 21 heavy (non-hydrogen) atoms. The van der Waals surface area contributed by atoms with E-state index in [9.17, 15) is 0 Å². The van der Waals surface area contributed by atoms with Crippen LogP contribution in [0.15, 0.2) is 48.8 Å². The molecule has 2 heterocycles. The number of nitrogens with one attached hydrogen (secondary N) is 1. The summed E-state index contributed by atoms with van der Waals surface area (Å²) in [6, 6.07) is 12.2. The number of fused-ring (bicyclic) bond motifs is 1. The van der Waals surface area contributed by atoms with Crippen LogP contribution in [0, 0.1) is 13.8 Å². The van der Waals surface area contributed by atoms with Crippen LogP contribution in [0.4, 0.5) is 0 Å². The maximum absolute atomic E-state index is 5.84. The van der Waals surface area contributed by atoms with Gasteiger partial charge in [0.2, 0.25) is 0 Å². The molecule has 4 heteroatoms. The summed E-state index contributed by atoms with van der Waals surface area (Å²) >= 11 is 0. The van der Waals surface area contributed by atoms with Crippen LogP contribution in [-0.4, -0.2) is 9.97 Å². The van der Waals surface area contributed by atoms with Crippen LogP contribution in [0.1, 0.15) is 28.6 Å². The van der Waals surface area contributed by atoms with Gasteiger partial charge in [-0.25, -0.2) is 5.43 Å². The van der Waals surface area contributed by atoms with Crippen molar-refractivity contribution in [2.24, 2.45) is 5.84 Å². The van der Waals surface area contributed by atoms with Gasteiger partial charge in [-0.05, 0) is 42.5 Å². The molecule has 0 aliphatic carbocycles. The van der Waals surface area contributed by atoms with Crippen molar-refractivity contribution in [1.82, 2.24) is 15.4 Å². The molecule has 0 radical (unpaired) electrons. The first-order valence-electron chi connectivity index (χ1n) is 6.93. The van der Waals surface area contributed by atoms with Crippen LogP contribution in [0.5, 0.6) is 0 Å². The topological polar surface area (TPSA) is 63.8 Å². The summed E-state index contributed by atoms with van der Waals surface area (Å²) < 4.78 is 0.